The third-order valence-corrected chi connectivity index (χ3v) is 6.43. The van der Waals surface area contributed by atoms with Crippen LogP contribution in [0.25, 0.3) is 16.7 Å². The molecule has 1 aliphatic heterocycles. The number of benzene rings is 2. The molecule has 1 aliphatic rings. The van der Waals surface area contributed by atoms with E-state index in [0.29, 0.717) is 52.9 Å². The number of nitrogens with zero attached hydrogens (tertiary/aromatic N) is 3. The van der Waals surface area contributed by atoms with E-state index in [2.05, 4.69) is 10.3 Å². The fraction of sp³-hybridized carbons (Fsp3) is 0.269. The Kier molecular flexibility index (Phi) is 6.34. The number of rotatable bonds is 8. The molecule has 192 valence electrons. The number of hydrogen-bond acceptors (Lipinski definition) is 8. The maximum Gasteiger partial charge on any atom is 0.254 e. The minimum Gasteiger partial charge on any atom is -0.493 e. The normalized spacial score (nSPS) is 15.1. The van der Waals surface area contributed by atoms with Gasteiger partial charge in [-0.3, -0.25) is 9.59 Å². The Morgan fingerprint density at radius 2 is 1.86 bits per heavy atom. The van der Waals surface area contributed by atoms with E-state index >= 15 is 0 Å². The average molecular weight is 506 g/mol. The highest BCUT2D eigenvalue weighted by Gasteiger charge is 2.33. The van der Waals surface area contributed by atoms with Crippen LogP contribution in [-0.4, -0.2) is 60.2 Å². The first-order chi connectivity index (χ1) is 17.9. The van der Waals surface area contributed by atoms with Crippen LogP contribution < -0.4 is 25.3 Å². The van der Waals surface area contributed by atoms with Crippen LogP contribution in [0.2, 0.25) is 0 Å². The van der Waals surface area contributed by atoms with Gasteiger partial charge >= 0.3 is 0 Å². The van der Waals surface area contributed by atoms with Gasteiger partial charge < -0.3 is 39.1 Å². The van der Waals surface area contributed by atoms with Gasteiger partial charge in [-0.15, -0.1) is 0 Å². The summed E-state index contributed by atoms with van der Waals surface area (Å²) in [4.78, 5) is 31.1. The predicted octanol–water partition coefficient (Wildman–Crippen LogP) is 3.48. The van der Waals surface area contributed by atoms with Crippen LogP contribution in [0.5, 0.6) is 17.2 Å². The van der Waals surface area contributed by atoms with Crippen molar-refractivity contribution in [3.05, 3.63) is 54.7 Å². The number of nitrogens with two attached hydrogens (primary N) is 1. The number of fused-ring (bicyclic) bond motifs is 1. The lowest BCUT2D eigenvalue weighted by Gasteiger charge is -2.22. The molecule has 11 nitrogen and oxygen atoms in total. The Morgan fingerprint density at radius 1 is 1.11 bits per heavy atom. The van der Waals surface area contributed by atoms with E-state index in [-0.39, 0.29) is 5.91 Å². The summed E-state index contributed by atoms with van der Waals surface area (Å²) in [5.74, 6) is 1.29. The van der Waals surface area contributed by atoms with Crippen LogP contribution in [0, 0.1) is 0 Å². The summed E-state index contributed by atoms with van der Waals surface area (Å²) in [7, 11) is 4.66. The molecular formula is C26H27N5O6. The molecule has 1 saturated heterocycles. The van der Waals surface area contributed by atoms with Gasteiger partial charge in [-0.05, 0) is 31.0 Å². The molecule has 1 atom stereocenters. The molecule has 0 spiro atoms. The largest absolute Gasteiger partial charge is 0.493 e. The van der Waals surface area contributed by atoms with Gasteiger partial charge in [-0.25, -0.2) is 4.98 Å². The lowest BCUT2D eigenvalue weighted by atomic mass is 10.1. The average Bonchev–Trinajstić information content (AvgIpc) is 3.68. The highest BCUT2D eigenvalue weighted by molar-refractivity contribution is 6.03. The number of likely N-dealkylation sites (tertiary alicyclic amines) is 1. The van der Waals surface area contributed by atoms with E-state index in [1.165, 1.54) is 4.90 Å². The van der Waals surface area contributed by atoms with Crippen molar-refractivity contribution in [1.82, 2.24) is 14.5 Å². The Hall–Kier alpha value is -4.67. The lowest BCUT2D eigenvalue weighted by molar-refractivity contribution is -0.121. The highest BCUT2D eigenvalue weighted by atomic mass is 16.5. The van der Waals surface area contributed by atoms with Crippen LogP contribution in [0.1, 0.15) is 23.2 Å². The summed E-state index contributed by atoms with van der Waals surface area (Å²) >= 11 is 0. The molecule has 5 rings (SSSR count). The van der Waals surface area contributed by atoms with Crippen molar-refractivity contribution in [3.63, 3.8) is 0 Å². The number of anilines is 2. The smallest absolute Gasteiger partial charge is 0.254 e. The summed E-state index contributed by atoms with van der Waals surface area (Å²) < 4.78 is 23.8. The van der Waals surface area contributed by atoms with E-state index in [4.69, 9.17) is 24.4 Å². The fourth-order valence-electron chi connectivity index (χ4n) is 4.65. The zero-order chi connectivity index (χ0) is 26.1. The number of nitrogens with one attached hydrogen (secondary N) is 1. The van der Waals surface area contributed by atoms with Gasteiger partial charge in [0.25, 0.3) is 5.91 Å². The van der Waals surface area contributed by atoms with E-state index in [0.717, 1.165) is 17.5 Å². The second kappa shape index (κ2) is 9.76. The SMILES string of the molecule is COc1cc(-n2cnc(Nc3cc(C(=O)N4CCCC4C(N)=O)cc4ccoc34)c2)cc(OC)c1OC. The maximum atomic E-state index is 13.3. The monoisotopic (exact) mass is 505 g/mol. The molecular weight excluding hydrogens is 478 g/mol. The quantitative estimate of drug-likeness (QED) is 0.372. The van der Waals surface area contributed by atoms with Crippen molar-refractivity contribution in [3.8, 4) is 22.9 Å². The molecule has 37 heavy (non-hydrogen) atoms. The van der Waals surface area contributed by atoms with E-state index in [9.17, 15) is 9.59 Å². The van der Waals surface area contributed by atoms with Crippen molar-refractivity contribution in [2.24, 2.45) is 5.73 Å². The lowest BCUT2D eigenvalue weighted by Crippen LogP contribution is -2.43. The van der Waals surface area contributed by atoms with Gasteiger partial charge in [0, 0.05) is 29.6 Å². The number of primary amides is 1. The van der Waals surface area contributed by atoms with Crippen LogP contribution >= 0.6 is 0 Å². The first-order valence-corrected chi connectivity index (χ1v) is 11.7. The van der Waals surface area contributed by atoms with E-state index in [1.807, 2.05) is 12.1 Å². The summed E-state index contributed by atoms with van der Waals surface area (Å²) in [6, 6.07) is 8.24. The number of methoxy groups -OCH3 is 3. The minimum atomic E-state index is -0.599. The number of ether oxygens (including phenoxy) is 3. The number of carbonyl (C=O) groups is 2. The number of carbonyl (C=O) groups excluding carboxylic acids is 2. The molecule has 3 N–H and O–H groups in total. The number of furan rings is 1. The van der Waals surface area contributed by atoms with Crippen molar-refractivity contribution >= 4 is 34.3 Å². The number of aromatic nitrogens is 2. The Labute approximate surface area is 212 Å². The molecule has 2 aromatic carbocycles. The van der Waals surface area contributed by atoms with Gasteiger partial charge in [0.05, 0.1) is 45.2 Å². The van der Waals surface area contributed by atoms with Crippen LogP contribution in [0.15, 0.2) is 53.5 Å². The number of hydrogen-bond donors (Lipinski definition) is 2. The van der Waals surface area contributed by atoms with Crippen molar-refractivity contribution in [1.29, 1.82) is 0 Å². The van der Waals surface area contributed by atoms with Gasteiger partial charge in [0.2, 0.25) is 11.7 Å². The number of imidazole rings is 1. The highest BCUT2D eigenvalue weighted by Crippen LogP contribution is 2.39. The molecule has 2 amide bonds. The van der Waals surface area contributed by atoms with Crippen molar-refractivity contribution < 1.29 is 28.2 Å². The van der Waals surface area contributed by atoms with Gasteiger partial charge in [0.1, 0.15) is 18.2 Å². The van der Waals surface area contributed by atoms with Crippen molar-refractivity contribution in [2.75, 3.05) is 33.2 Å². The van der Waals surface area contributed by atoms with E-state index < -0.39 is 11.9 Å². The second-order valence-corrected chi connectivity index (χ2v) is 8.60. The van der Waals surface area contributed by atoms with Gasteiger partial charge in [0.15, 0.2) is 17.1 Å². The molecule has 4 aromatic rings. The van der Waals surface area contributed by atoms with E-state index in [1.54, 1.807) is 62.9 Å². The van der Waals surface area contributed by atoms with Crippen LogP contribution in [0.3, 0.4) is 0 Å². The Morgan fingerprint density at radius 3 is 2.54 bits per heavy atom. The maximum absolute atomic E-state index is 13.3. The zero-order valence-electron chi connectivity index (χ0n) is 20.7. The predicted molar refractivity (Wildman–Crippen MR) is 136 cm³/mol. The molecule has 1 fully saturated rings. The van der Waals surface area contributed by atoms with Crippen molar-refractivity contribution in [2.45, 2.75) is 18.9 Å². The molecule has 0 bridgehead atoms. The first-order valence-electron chi connectivity index (χ1n) is 11.7. The minimum absolute atomic E-state index is 0.254. The third kappa shape index (κ3) is 4.39. The van der Waals surface area contributed by atoms with Gasteiger partial charge in [-0.2, -0.15) is 0 Å². The first kappa shape index (κ1) is 24.0. The topological polar surface area (TPSA) is 134 Å². The summed E-state index contributed by atoms with van der Waals surface area (Å²) in [6.45, 7) is 0.484. The van der Waals surface area contributed by atoms with Crippen LogP contribution in [-0.2, 0) is 4.79 Å². The second-order valence-electron chi connectivity index (χ2n) is 8.60. The molecule has 0 saturated carbocycles. The summed E-state index contributed by atoms with van der Waals surface area (Å²) in [5, 5.41) is 3.99. The summed E-state index contributed by atoms with van der Waals surface area (Å²) in [6.07, 6.45) is 6.28. The summed E-state index contributed by atoms with van der Waals surface area (Å²) in [5.41, 5.74) is 7.83. The molecule has 0 radical (unpaired) electrons. The molecule has 2 aromatic heterocycles. The fourth-order valence-corrected chi connectivity index (χ4v) is 4.65. The van der Waals surface area contributed by atoms with Gasteiger partial charge in [-0.1, -0.05) is 0 Å². The van der Waals surface area contributed by atoms with Crippen LogP contribution in [0.4, 0.5) is 11.5 Å². The molecule has 1 unspecified atom stereocenters. The molecule has 11 heteroatoms. The standard InChI is InChI=1S/C26H27N5O6/c1-34-20-11-17(12-21(35-2)24(20)36-3)30-13-22(28-14-30)29-18-10-16(9-15-6-8-37-23(15)18)26(33)31-7-4-5-19(31)25(27)32/h6,8-14,19,29H,4-5,7H2,1-3H3,(H2,27,32). The number of amides is 2. The molecule has 0 aliphatic carbocycles. The third-order valence-electron chi connectivity index (χ3n) is 6.43. The zero-order valence-corrected chi connectivity index (χ0v) is 20.7. The Bertz CT molecular complexity index is 1450. The Balaban J connectivity index is 1.46. The molecule has 3 heterocycles.